The van der Waals surface area contributed by atoms with E-state index in [1.165, 1.54) is 11.3 Å². The molecule has 3 aromatic heterocycles. The van der Waals surface area contributed by atoms with Gasteiger partial charge in [-0.15, -0.1) is 11.3 Å². The van der Waals surface area contributed by atoms with Gasteiger partial charge in [0, 0.05) is 6.54 Å². The van der Waals surface area contributed by atoms with Crippen molar-refractivity contribution in [2.24, 2.45) is 0 Å². The van der Waals surface area contributed by atoms with E-state index in [9.17, 15) is 5.11 Å². The summed E-state index contributed by atoms with van der Waals surface area (Å²) in [7, 11) is 0. The van der Waals surface area contributed by atoms with Crippen molar-refractivity contribution in [3.63, 3.8) is 0 Å². The molecule has 0 aromatic carbocycles. The van der Waals surface area contributed by atoms with Crippen LogP contribution in [0.15, 0.2) is 28.3 Å². The molecule has 1 atom stereocenters. The fraction of sp³-hybridized carbons (Fsp3) is 0.167. The van der Waals surface area contributed by atoms with Crippen molar-refractivity contribution < 1.29 is 5.11 Å². The van der Waals surface area contributed by atoms with Gasteiger partial charge in [-0.1, -0.05) is 0 Å². The van der Waals surface area contributed by atoms with E-state index in [2.05, 4.69) is 15.3 Å². The van der Waals surface area contributed by atoms with E-state index < -0.39 is 6.10 Å². The Balaban J connectivity index is 1.80. The minimum absolute atomic E-state index is 0.211. The summed E-state index contributed by atoms with van der Waals surface area (Å²) in [5, 5.41) is 20.1. The van der Waals surface area contributed by atoms with Gasteiger partial charge in [-0.25, -0.2) is 9.97 Å². The monoisotopic (exact) mass is 311 g/mol. The standard InChI is InChI=1S/C12H10ClN3OS2/c13-12-15-10(8-2-4-19-11(8)16-12)14-5-9(17)7-1-3-18-6-7/h1-4,6,9,17H,5H2,(H,14,15,16). The first-order valence-corrected chi connectivity index (χ1v) is 7.79. The molecule has 2 N–H and O–H groups in total. The number of halogens is 1. The number of hydrogen-bond donors (Lipinski definition) is 2. The molecule has 4 nitrogen and oxygen atoms in total. The topological polar surface area (TPSA) is 58.0 Å². The summed E-state index contributed by atoms with van der Waals surface area (Å²) >= 11 is 8.95. The van der Waals surface area contributed by atoms with Gasteiger partial charge >= 0.3 is 0 Å². The summed E-state index contributed by atoms with van der Waals surface area (Å²) in [6.45, 7) is 0.384. The second kappa shape index (κ2) is 5.42. The van der Waals surface area contributed by atoms with E-state index in [1.54, 1.807) is 11.3 Å². The number of hydrogen-bond acceptors (Lipinski definition) is 6. The van der Waals surface area contributed by atoms with Crippen molar-refractivity contribution in [2.75, 3.05) is 11.9 Å². The fourth-order valence-corrected chi connectivity index (χ4v) is 3.43. The molecule has 0 bridgehead atoms. The summed E-state index contributed by atoms with van der Waals surface area (Å²) in [6.07, 6.45) is -0.561. The lowest BCUT2D eigenvalue weighted by molar-refractivity contribution is 0.192. The summed E-state index contributed by atoms with van der Waals surface area (Å²) in [4.78, 5) is 9.15. The van der Waals surface area contributed by atoms with Crippen LogP contribution in [0.4, 0.5) is 5.82 Å². The van der Waals surface area contributed by atoms with Crippen LogP contribution in [-0.2, 0) is 0 Å². The van der Waals surface area contributed by atoms with E-state index in [4.69, 9.17) is 11.6 Å². The fourth-order valence-electron chi connectivity index (χ4n) is 1.74. The van der Waals surface area contributed by atoms with Gasteiger partial charge in [0.25, 0.3) is 0 Å². The first-order chi connectivity index (χ1) is 9.24. The molecular formula is C12H10ClN3OS2. The van der Waals surface area contributed by atoms with Crippen LogP contribution in [0.2, 0.25) is 5.28 Å². The number of aliphatic hydroxyl groups excluding tert-OH is 1. The van der Waals surface area contributed by atoms with Gasteiger partial charge in [0.1, 0.15) is 10.6 Å². The third kappa shape index (κ3) is 2.71. The highest BCUT2D eigenvalue weighted by molar-refractivity contribution is 7.16. The number of nitrogens with zero attached hydrogens (tertiary/aromatic N) is 2. The van der Waals surface area contributed by atoms with Crippen LogP contribution in [0, 0.1) is 0 Å². The number of thiophene rings is 2. The Kier molecular flexibility index (Phi) is 3.65. The predicted molar refractivity (Wildman–Crippen MR) is 80.2 cm³/mol. The Hall–Kier alpha value is -1.21. The van der Waals surface area contributed by atoms with Crippen molar-refractivity contribution in [3.8, 4) is 0 Å². The molecule has 0 aliphatic rings. The van der Waals surface area contributed by atoms with Gasteiger partial charge in [0.2, 0.25) is 5.28 Å². The summed E-state index contributed by atoms with van der Waals surface area (Å²) in [5.74, 6) is 0.658. The van der Waals surface area contributed by atoms with Gasteiger partial charge in [0.15, 0.2) is 0 Å². The molecule has 0 saturated heterocycles. The molecular weight excluding hydrogens is 302 g/mol. The highest BCUT2D eigenvalue weighted by Crippen LogP contribution is 2.27. The lowest BCUT2D eigenvalue weighted by Gasteiger charge is -2.11. The van der Waals surface area contributed by atoms with Crippen LogP contribution in [0.3, 0.4) is 0 Å². The average Bonchev–Trinajstić information content (AvgIpc) is 3.05. The molecule has 0 aliphatic carbocycles. The summed E-state index contributed by atoms with van der Waals surface area (Å²) in [5.41, 5.74) is 0.902. The average molecular weight is 312 g/mol. The van der Waals surface area contributed by atoms with Gasteiger partial charge in [-0.05, 0) is 45.4 Å². The van der Waals surface area contributed by atoms with Gasteiger partial charge in [-0.2, -0.15) is 11.3 Å². The molecule has 98 valence electrons. The highest BCUT2D eigenvalue weighted by Gasteiger charge is 2.11. The number of fused-ring (bicyclic) bond motifs is 1. The summed E-state index contributed by atoms with van der Waals surface area (Å²) in [6, 6.07) is 3.85. The lowest BCUT2D eigenvalue weighted by atomic mass is 10.2. The number of aliphatic hydroxyl groups is 1. The normalized spacial score (nSPS) is 12.7. The van der Waals surface area contributed by atoms with Gasteiger partial charge in [-0.3, -0.25) is 0 Å². The minimum atomic E-state index is -0.561. The third-order valence-electron chi connectivity index (χ3n) is 2.69. The quantitative estimate of drug-likeness (QED) is 0.723. The molecule has 0 aliphatic heterocycles. The van der Waals surface area contributed by atoms with Crippen molar-refractivity contribution in [1.82, 2.24) is 9.97 Å². The Morgan fingerprint density at radius 2 is 2.21 bits per heavy atom. The minimum Gasteiger partial charge on any atom is -0.387 e. The number of anilines is 1. The van der Waals surface area contributed by atoms with Gasteiger partial charge < -0.3 is 10.4 Å². The Morgan fingerprint density at radius 1 is 1.32 bits per heavy atom. The molecule has 3 heterocycles. The SMILES string of the molecule is OC(CNc1nc(Cl)nc2sccc12)c1ccsc1. The van der Waals surface area contributed by atoms with Crippen LogP contribution in [-0.4, -0.2) is 21.6 Å². The molecule has 0 spiro atoms. The van der Waals surface area contributed by atoms with E-state index in [-0.39, 0.29) is 5.28 Å². The van der Waals surface area contributed by atoms with E-state index in [1.807, 2.05) is 28.3 Å². The van der Waals surface area contributed by atoms with Crippen molar-refractivity contribution in [1.29, 1.82) is 0 Å². The maximum atomic E-state index is 10.0. The molecule has 19 heavy (non-hydrogen) atoms. The maximum Gasteiger partial charge on any atom is 0.225 e. The van der Waals surface area contributed by atoms with Crippen LogP contribution < -0.4 is 5.32 Å². The predicted octanol–water partition coefficient (Wildman–Crippen LogP) is 3.55. The molecule has 0 radical (unpaired) electrons. The summed E-state index contributed by atoms with van der Waals surface area (Å²) < 4.78 is 0. The van der Waals surface area contributed by atoms with Crippen LogP contribution in [0.5, 0.6) is 0 Å². The first-order valence-electron chi connectivity index (χ1n) is 5.59. The van der Waals surface area contributed by atoms with Crippen molar-refractivity contribution in [3.05, 3.63) is 39.1 Å². The van der Waals surface area contributed by atoms with E-state index >= 15 is 0 Å². The highest BCUT2D eigenvalue weighted by atomic mass is 35.5. The molecule has 0 fully saturated rings. The molecule has 7 heteroatoms. The Bertz CT molecular complexity index is 683. The zero-order valence-electron chi connectivity index (χ0n) is 9.71. The van der Waals surface area contributed by atoms with Crippen LogP contribution in [0.25, 0.3) is 10.2 Å². The van der Waals surface area contributed by atoms with Crippen molar-refractivity contribution >= 4 is 50.3 Å². The zero-order valence-corrected chi connectivity index (χ0v) is 12.1. The smallest absolute Gasteiger partial charge is 0.225 e. The van der Waals surface area contributed by atoms with Crippen LogP contribution >= 0.6 is 34.3 Å². The molecule has 3 aromatic rings. The maximum absolute atomic E-state index is 10.0. The largest absolute Gasteiger partial charge is 0.387 e. The second-order valence-corrected chi connectivity index (χ2v) is 5.95. The number of rotatable bonds is 4. The Morgan fingerprint density at radius 3 is 3.00 bits per heavy atom. The number of aromatic nitrogens is 2. The molecule has 0 saturated carbocycles. The lowest BCUT2D eigenvalue weighted by Crippen LogP contribution is -2.12. The van der Waals surface area contributed by atoms with Crippen LogP contribution in [0.1, 0.15) is 11.7 Å². The second-order valence-electron chi connectivity index (χ2n) is 3.93. The Labute approximate surface area is 122 Å². The van der Waals surface area contributed by atoms with E-state index in [0.29, 0.717) is 12.4 Å². The zero-order chi connectivity index (χ0) is 13.2. The van der Waals surface area contributed by atoms with E-state index in [0.717, 1.165) is 15.8 Å². The molecule has 0 amide bonds. The van der Waals surface area contributed by atoms with Gasteiger partial charge in [0.05, 0.1) is 11.5 Å². The molecule has 3 rings (SSSR count). The third-order valence-corrected chi connectivity index (χ3v) is 4.37. The first kappa shape index (κ1) is 12.8. The van der Waals surface area contributed by atoms with Crippen molar-refractivity contribution in [2.45, 2.75) is 6.10 Å². The number of nitrogens with one attached hydrogen (secondary N) is 1. The molecule has 1 unspecified atom stereocenters.